The molecule has 3 aromatic carbocycles. The number of rotatable bonds is 10. The van der Waals surface area contributed by atoms with Crippen LogP contribution in [0.2, 0.25) is 0 Å². The van der Waals surface area contributed by atoms with Crippen LogP contribution >= 0.6 is 15.9 Å². The molecule has 7 amide bonds. The Morgan fingerprint density at radius 2 is 0.914 bits per heavy atom. The normalized spacial score (nSPS) is 14.8. The smallest absolute Gasteiger partial charge is 0.410 e. The van der Waals surface area contributed by atoms with Gasteiger partial charge in [-0.3, -0.25) is 39.1 Å². The summed E-state index contributed by atoms with van der Waals surface area (Å²) in [6.45, 7) is 22.7. The van der Waals surface area contributed by atoms with Crippen LogP contribution in [0.1, 0.15) is 92.9 Å². The van der Waals surface area contributed by atoms with E-state index in [0.29, 0.717) is 69.4 Å². The van der Waals surface area contributed by atoms with Crippen molar-refractivity contribution in [2.24, 2.45) is 0 Å². The average Bonchev–Trinajstić information content (AvgIpc) is 3.46. The Labute approximate surface area is 482 Å². The highest BCUT2D eigenvalue weighted by Crippen LogP contribution is 2.26. The Morgan fingerprint density at radius 3 is 1.28 bits per heavy atom. The van der Waals surface area contributed by atoms with Crippen LogP contribution in [0.15, 0.2) is 95.5 Å². The zero-order valence-corrected chi connectivity index (χ0v) is 49.5. The number of carbonyl (C=O) groups excluding carboxylic acids is 9. The van der Waals surface area contributed by atoms with E-state index in [4.69, 9.17) is 28.9 Å². The number of hydroxylamine groups is 1. The molecule has 0 unspecified atom stereocenters. The zero-order chi connectivity index (χ0) is 60.5. The van der Waals surface area contributed by atoms with Gasteiger partial charge < -0.3 is 38.8 Å². The van der Waals surface area contributed by atoms with Gasteiger partial charge in [0.1, 0.15) is 36.4 Å². The molecule has 22 nitrogen and oxygen atoms in total. The topological polar surface area (TPSA) is 260 Å². The molecule has 3 N–H and O–H groups in total. The summed E-state index contributed by atoms with van der Waals surface area (Å²) in [7, 11) is 0. The predicted octanol–water partition coefficient (Wildman–Crippen LogP) is 8.01. The number of carbonyl (C=O) groups is 9. The number of anilines is 2. The van der Waals surface area contributed by atoms with Crippen LogP contribution in [-0.2, 0) is 52.5 Å². The van der Waals surface area contributed by atoms with Crippen LogP contribution in [0.3, 0.4) is 0 Å². The number of hydrogen-bond acceptors (Lipinski definition) is 15. The van der Waals surface area contributed by atoms with Crippen molar-refractivity contribution in [1.29, 1.82) is 0 Å². The van der Waals surface area contributed by atoms with Gasteiger partial charge in [-0.2, -0.15) is 0 Å². The van der Waals surface area contributed by atoms with Gasteiger partial charge in [-0.1, -0.05) is 70.5 Å². The van der Waals surface area contributed by atoms with E-state index >= 15 is 0 Å². The fraction of sp³-hybridized carbons (Fsp3) is 0.431. The summed E-state index contributed by atoms with van der Waals surface area (Å²) in [5, 5.41) is 11.2. The van der Waals surface area contributed by atoms with E-state index < -0.39 is 47.0 Å². The van der Waals surface area contributed by atoms with Gasteiger partial charge in [0.25, 0.3) is 5.91 Å². The fourth-order valence-electron chi connectivity index (χ4n) is 7.20. The van der Waals surface area contributed by atoms with Crippen LogP contribution < -0.4 is 20.6 Å². The highest BCUT2D eigenvalue weighted by molar-refractivity contribution is 9.10. The molecule has 440 valence electrons. The Morgan fingerprint density at radius 1 is 0.543 bits per heavy atom. The number of nitrogens with one attached hydrogen (secondary N) is 2. The number of ether oxygens (including phenoxy) is 5. The van der Waals surface area contributed by atoms with E-state index in [0.717, 1.165) is 15.6 Å². The fourth-order valence-corrected chi connectivity index (χ4v) is 7.62. The summed E-state index contributed by atoms with van der Waals surface area (Å²) in [5.74, 6) is -2.00. The Bertz CT molecular complexity index is 2760. The van der Waals surface area contributed by atoms with Crippen LogP contribution in [0.25, 0.3) is 18.2 Å². The van der Waals surface area contributed by atoms with Crippen LogP contribution in [0.4, 0.5) is 25.8 Å². The number of hydrogen-bond donors (Lipinski definition) is 3. The second kappa shape index (κ2) is 32.3. The van der Waals surface area contributed by atoms with Gasteiger partial charge >= 0.3 is 30.2 Å². The molecule has 0 saturated carbocycles. The largest absolute Gasteiger partial charge is 0.463 e. The number of para-hydroxylation sites is 2. The van der Waals surface area contributed by atoms with E-state index in [2.05, 4.69) is 21.2 Å². The first-order valence-electron chi connectivity index (χ1n) is 26.1. The molecule has 6 rings (SSSR count). The monoisotopic (exact) mass is 1190 g/mol. The molecule has 0 aromatic heterocycles. The highest BCUT2D eigenvalue weighted by atomic mass is 79.9. The molecule has 3 saturated heterocycles. The molecule has 3 aliphatic rings. The molecule has 81 heavy (non-hydrogen) atoms. The van der Waals surface area contributed by atoms with Crippen molar-refractivity contribution in [2.75, 3.05) is 81.9 Å². The van der Waals surface area contributed by atoms with Crippen LogP contribution in [-0.4, -0.2) is 163 Å². The number of nitrogens with zero attached hydrogens (tertiary/aromatic N) is 5. The summed E-state index contributed by atoms with van der Waals surface area (Å²) < 4.78 is 26.4. The van der Waals surface area contributed by atoms with Crippen molar-refractivity contribution in [3.8, 4) is 0 Å². The molecule has 3 fully saturated rings. The van der Waals surface area contributed by atoms with E-state index in [1.165, 1.54) is 44.5 Å². The second-order valence-electron chi connectivity index (χ2n) is 20.8. The maximum absolute atomic E-state index is 12.6. The maximum atomic E-state index is 12.6. The molecule has 0 aliphatic carbocycles. The third kappa shape index (κ3) is 24.9. The molecule has 23 heteroatoms. The molecule has 3 aromatic rings. The highest BCUT2D eigenvalue weighted by Gasteiger charge is 2.33. The number of benzene rings is 3. The summed E-state index contributed by atoms with van der Waals surface area (Å²) in [6.07, 6.45) is 7.35. The maximum Gasteiger partial charge on any atom is 0.410 e. The Hall–Kier alpha value is -8.05. The third-order valence-corrected chi connectivity index (χ3v) is 11.4. The standard InChI is InChI=1S/C20H26N2O5.C18H23N3O5.C11H11BrO2.C9H16N2O3/c1-5-26-18(24)11-10-15-8-6-7-9-16(15)22-13-12-21(14-17(22)23)19(25)27-20(2,3)4;1-18(2,3)26-17(24)20-10-11-21(16(23)12-20)14-7-5-4-6-13(14)8-9-15(22)19-25;1-2-14-11(13)8-7-9-5-3-4-6-10(9)12;1-9(2,3)14-8(13)11-5-4-10-7(12)6-11/h6-11H,5,12-14H2,1-4H3;4-9,25H,10-12H2,1-3H3,(H,19,22);3-8H,2H2,1H3;4-6H2,1-3H3,(H,10,12)/b11-10+;9-8+;8-7+;. The van der Waals surface area contributed by atoms with Gasteiger partial charge in [0.15, 0.2) is 0 Å². The molecular weight excluding hydrogens is 1110 g/mol. The second-order valence-corrected chi connectivity index (χ2v) is 21.6. The minimum absolute atomic E-state index is 0.0508. The van der Waals surface area contributed by atoms with Gasteiger partial charge in [-0.15, -0.1) is 0 Å². The first kappa shape index (κ1) is 67.2. The van der Waals surface area contributed by atoms with Gasteiger partial charge in [0.2, 0.25) is 17.7 Å². The van der Waals surface area contributed by atoms with Crippen molar-refractivity contribution >= 4 is 99.4 Å². The summed E-state index contributed by atoms with van der Waals surface area (Å²) in [6, 6.07) is 22.0. The third-order valence-electron chi connectivity index (χ3n) is 10.7. The van der Waals surface area contributed by atoms with Crippen molar-refractivity contribution in [3.05, 3.63) is 112 Å². The van der Waals surface area contributed by atoms with Crippen molar-refractivity contribution < 1.29 is 72.0 Å². The van der Waals surface area contributed by atoms with Gasteiger partial charge in [-0.05, 0) is 129 Å². The molecule has 0 atom stereocenters. The Kier molecular flexibility index (Phi) is 26.8. The minimum Gasteiger partial charge on any atom is -0.463 e. The molecule has 0 spiro atoms. The number of halogens is 1. The number of esters is 2. The Balaban J connectivity index is 0.000000296. The summed E-state index contributed by atoms with van der Waals surface area (Å²) in [5.41, 5.74) is 3.42. The van der Waals surface area contributed by atoms with Gasteiger partial charge in [0, 0.05) is 62.0 Å². The van der Waals surface area contributed by atoms with Crippen LogP contribution in [0.5, 0.6) is 0 Å². The van der Waals surface area contributed by atoms with E-state index in [1.54, 1.807) is 122 Å². The molecular formula is C58H76BrN7O15. The summed E-state index contributed by atoms with van der Waals surface area (Å²) >= 11 is 3.38. The lowest BCUT2D eigenvalue weighted by Gasteiger charge is -2.35. The lowest BCUT2D eigenvalue weighted by atomic mass is 10.1. The first-order chi connectivity index (χ1) is 38.0. The van der Waals surface area contributed by atoms with Crippen molar-refractivity contribution in [3.63, 3.8) is 0 Å². The lowest BCUT2D eigenvalue weighted by Crippen LogP contribution is -2.53. The quantitative estimate of drug-likeness (QED) is 0.0571. The summed E-state index contributed by atoms with van der Waals surface area (Å²) in [4.78, 5) is 113. The van der Waals surface area contributed by atoms with E-state index in [9.17, 15) is 43.2 Å². The minimum atomic E-state index is -0.666. The zero-order valence-electron chi connectivity index (χ0n) is 47.9. The predicted molar refractivity (Wildman–Crippen MR) is 308 cm³/mol. The van der Waals surface area contributed by atoms with Crippen LogP contribution in [0, 0.1) is 0 Å². The SMILES string of the molecule is CC(C)(C)OC(=O)N1CCN(c2ccccc2/C=C/C(=O)NO)C(=O)C1.CC(C)(C)OC(=O)N1CCNC(=O)C1.CCOC(=O)/C=C/c1ccccc1Br.CCOC(=O)/C=C/c1ccccc1N1CCN(C(=O)OC(C)(C)C)CC1=O. The van der Waals surface area contributed by atoms with Gasteiger partial charge in [0.05, 0.1) is 24.6 Å². The average molecular weight is 1190 g/mol. The lowest BCUT2D eigenvalue weighted by molar-refractivity contribution is -0.138. The molecule has 0 radical (unpaired) electrons. The molecule has 0 bridgehead atoms. The number of piperazine rings is 3. The first-order valence-corrected chi connectivity index (χ1v) is 26.9. The van der Waals surface area contributed by atoms with Gasteiger partial charge in [-0.25, -0.2) is 29.5 Å². The molecule has 3 heterocycles. The van der Waals surface area contributed by atoms with E-state index in [-0.39, 0.29) is 43.3 Å². The molecule has 3 aliphatic heterocycles. The number of amides is 7. The van der Waals surface area contributed by atoms with Crippen molar-refractivity contribution in [2.45, 2.75) is 93.0 Å². The van der Waals surface area contributed by atoms with Crippen molar-refractivity contribution in [1.82, 2.24) is 25.5 Å². The van der Waals surface area contributed by atoms with E-state index in [1.807, 2.05) is 48.5 Å².